The normalized spacial score (nSPS) is 13.4. The number of carbonyl (C=O) groups is 3. The predicted molar refractivity (Wildman–Crippen MR) is 361 cm³/mol. The third-order valence-electron chi connectivity index (χ3n) is 13.1. The molecule has 0 aliphatic heterocycles. The molecule has 462 valence electrons. The van der Waals surface area contributed by atoms with Crippen LogP contribution in [0.5, 0.6) is 0 Å². The van der Waals surface area contributed by atoms with E-state index in [-0.39, 0.29) is 44.0 Å². The summed E-state index contributed by atoms with van der Waals surface area (Å²) in [4.78, 5) is 38.3. The van der Waals surface area contributed by atoms with Crippen LogP contribution < -0.4 is 0 Å². The Hall–Kier alpha value is -5.75. The molecule has 0 aromatic heterocycles. The first kappa shape index (κ1) is 77.2. The molecule has 1 atom stereocenters. The van der Waals surface area contributed by atoms with Crippen molar-refractivity contribution in [2.45, 2.75) is 258 Å². The summed E-state index contributed by atoms with van der Waals surface area (Å²) in [5.74, 6) is -1.06. The standard InChI is InChI=1S/C77H118O6/c1-4-7-10-13-16-19-22-25-28-31-32-33-34-35-36-37-38-39-40-41-42-43-44-47-49-52-55-58-61-64-67-70-76(79)82-73-74(83-77(80)71-68-65-62-59-56-53-50-46-30-27-24-21-18-15-12-9-6-3)72-81-75(78)69-66-63-60-57-54-51-48-45-29-26-23-20-17-14-11-8-5-2/h7-12,16-21,25-30,32-33,35-36,38-39,48,50-51,53,57,59-60,62,74H,4-6,13-15,22-24,31,34,37,40-47,49,52,54-56,58,61,63-73H2,1-3H3/b10-7-,11-8-,12-9-,19-16-,20-17-,21-18-,28-25-,29-26-,30-27-,33-32-,36-35-,39-38-,51-48-,53-50-,60-57-,62-59-. The molecule has 0 N–H and O–H groups in total. The van der Waals surface area contributed by atoms with Gasteiger partial charge in [-0.2, -0.15) is 0 Å². The van der Waals surface area contributed by atoms with Crippen molar-refractivity contribution < 1.29 is 28.6 Å². The summed E-state index contributed by atoms with van der Waals surface area (Å²) in [5, 5.41) is 0. The smallest absolute Gasteiger partial charge is 0.306 e. The van der Waals surface area contributed by atoms with E-state index in [1.807, 2.05) is 0 Å². The first-order valence-electron chi connectivity index (χ1n) is 32.9. The Morgan fingerprint density at radius 2 is 0.446 bits per heavy atom. The zero-order valence-electron chi connectivity index (χ0n) is 52.9. The number of rotatable bonds is 57. The monoisotopic (exact) mass is 1140 g/mol. The van der Waals surface area contributed by atoms with Crippen LogP contribution in [0.25, 0.3) is 0 Å². The van der Waals surface area contributed by atoms with Gasteiger partial charge in [-0.05, 0) is 148 Å². The van der Waals surface area contributed by atoms with Crippen molar-refractivity contribution in [1.82, 2.24) is 0 Å². The second-order valence-corrected chi connectivity index (χ2v) is 20.9. The molecule has 0 heterocycles. The van der Waals surface area contributed by atoms with Crippen LogP contribution in [-0.4, -0.2) is 37.2 Å². The van der Waals surface area contributed by atoms with Gasteiger partial charge in [0, 0.05) is 19.3 Å². The van der Waals surface area contributed by atoms with Gasteiger partial charge in [-0.25, -0.2) is 0 Å². The molecular formula is C77H118O6. The highest BCUT2D eigenvalue weighted by molar-refractivity contribution is 5.71. The van der Waals surface area contributed by atoms with Gasteiger partial charge in [-0.1, -0.05) is 279 Å². The lowest BCUT2D eigenvalue weighted by molar-refractivity contribution is -0.167. The molecule has 0 spiro atoms. The Labute approximate surface area is 509 Å². The summed E-state index contributed by atoms with van der Waals surface area (Å²) in [6, 6.07) is 0. The molecule has 0 bridgehead atoms. The fourth-order valence-corrected chi connectivity index (χ4v) is 8.28. The van der Waals surface area contributed by atoms with Crippen molar-refractivity contribution in [2.24, 2.45) is 0 Å². The minimum Gasteiger partial charge on any atom is -0.462 e. The molecule has 0 aliphatic carbocycles. The van der Waals surface area contributed by atoms with E-state index in [2.05, 4.69) is 215 Å². The van der Waals surface area contributed by atoms with E-state index in [1.165, 1.54) is 64.2 Å². The van der Waals surface area contributed by atoms with Crippen molar-refractivity contribution in [1.29, 1.82) is 0 Å². The number of ether oxygens (including phenoxy) is 3. The largest absolute Gasteiger partial charge is 0.462 e. The molecule has 0 saturated heterocycles. The van der Waals surface area contributed by atoms with Gasteiger partial charge < -0.3 is 14.2 Å². The zero-order chi connectivity index (χ0) is 59.9. The van der Waals surface area contributed by atoms with Crippen molar-refractivity contribution in [3.05, 3.63) is 194 Å². The molecule has 0 aliphatic rings. The summed E-state index contributed by atoms with van der Waals surface area (Å²) in [6.45, 7) is 6.19. The fraction of sp³-hybridized carbons (Fsp3) is 0.545. The van der Waals surface area contributed by atoms with E-state index in [0.717, 1.165) is 135 Å². The van der Waals surface area contributed by atoms with Gasteiger partial charge >= 0.3 is 17.9 Å². The van der Waals surface area contributed by atoms with E-state index in [4.69, 9.17) is 14.2 Å². The molecule has 0 aromatic rings. The van der Waals surface area contributed by atoms with Gasteiger partial charge in [0.05, 0.1) is 0 Å². The van der Waals surface area contributed by atoms with Gasteiger partial charge in [0.15, 0.2) is 6.10 Å². The second kappa shape index (κ2) is 68.7. The van der Waals surface area contributed by atoms with Crippen molar-refractivity contribution >= 4 is 17.9 Å². The van der Waals surface area contributed by atoms with Crippen molar-refractivity contribution in [3.8, 4) is 0 Å². The summed E-state index contributed by atoms with van der Waals surface area (Å²) >= 11 is 0. The average molecular weight is 1140 g/mol. The zero-order valence-corrected chi connectivity index (χ0v) is 52.9. The summed E-state index contributed by atoms with van der Waals surface area (Å²) in [7, 11) is 0. The second-order valence-electron chi connectivity index (χ2n) is 20.9. The van der Waals surface area contributed by atoms with Crippen LogP contribution in [0.15, 0.2) is 194 Å². The van der Waals surface area contributed by atoms with Crippen LogP contribution in [0.1, 0.15) is 252 Å². The average Bonchev–Trinajstić information content (AvgIpc) is 3.49. The molecule has 1 unspecified atom stereocenters. The number of esters is 3. The number of carbonyl (C=O) groups excluding carboxylic acids is 3. The highest BCUT2D eigenvalue weighted by Gasteiger charge is 2.19. The molecule has 6 heteroatoms. The summed E-state index contributed by atoms with van der Waals surface area (Å²) < 4.78 is 16.8. The number of unbranched alkanes of at least 4 members (excludes halogenated alkanes) is 14. The van der Waals surface area contributed by atoms with Gasteiger partial charge in [-0.3, -0.25) is 14.4 Å². The lowest BCUT2D eigenvalue weighted by Gasteiger charge is -2.18. The van der Waals surface area contributed by atoms with Crippen LogP contribution in [0.2, 0.25) is 0 Å². The van der Waals surface area contributed by atoms with Crippen molar-refractivity contribution in [3.63, 3.8) is 0 Å². The van der Waals surface area contributed by atoms with Crippen LogP contribution in [-0.2, 0) is 28.6 Å². The summed E-state index contributed by atoms with van der Waals surface area (Å²) in [5.41, 5.74) is 0. The van der Waals surface area contributed by atoms with E-state index in [1.54, 1.807) is 0 Å². The summed E-state index contributed by atoms with van der Waals surface area (Å²) in [6.07, 6.45) is 105. The first-order valence-corrected chi connectivity index (χ1v) is 32.9. The Balaban J connectivity index is 4.44. The molecule has 6 nitrogen and oxygen atoms in total. The Kier molecular flexibility index (Phi) is 64.0. The highest BCUT2D eigenvalue weighted by Crippen LogP contribution is 2.14. The molecule has 0 saturated carbocycles. The van der Waals surface area contributed by atoms with E-state index >= 15 is 0 Å². The van der Waals surface area contributed by atoms with E-state index in [9.17, 15) is 14.4 Å². The van der Waals surface area contributed by atoms with Gasteiger partial charge in [-0.15, -0.1) is 0 Å². The number of hydrogen-bond acceptors (Lipinski definition) is 6. The molecule has 0 aromatic carbocycles. The highest BCUT2D eigenvalue weighted by atomic mass is 16.6. The third kappa shape index (κ3) is 66.9. The third-order valence-corrected chi connectivity index (χ3v) is 13.1. The van der Waals surface area contributed by atoms with Crippen LogP contribution in [0, 0.1) is 0 Å². The van der Waals surface area contributed by atoms with Gasteiger partial charge in [0.2, 0.25) is 0 Å². The Bertz CT molecular complexity index is 1990. The van der Waals surface area contributed by atoms with Crippen molar-refractivity contribution in [2.75, 3.05) is 13.2 Å². The Morgan fingerprint density at radius 1 is 0.241 bits per heavy atom. The maximum atomic E-state index is 12.9. The molecule has 0 fully saturated rings. The van der Waals surface area contributed by atoms with Gasteiger partial charge in [0.25, 0.3) is 0 Å². The number of allylic oxidation sites excluding steroid dienone is 32. The van der Waals surface area contributed by atoms with Crippen LogP contribution >= 0.6 is 0 Å². The molecule has 0 radical (unpaired) electrons. The SMILES string of the molecule is CC/C=C\C/C=C\C/C=C\C/C=C\C/C=C\C/C=C\CCCCCCCCCCCCCCC(=O)OCC(COC(=O)CCC/C=C\C/C=C\C/C=C\C/C=C\C/C=C\CC)OC(=O)CCC/C=C\C/C=C\C/C=C\C/C=C\C/C=C\CC. The van der Waals surface area contributed by atoms with Crippen LogP contribution in [0.4, 0.5) is 0 Å². The fourth-order valence-electron chi connectivity index (χ4n) is 8.28. The molecule has 0 rings (SSSR count). The quantitative estimate of drug-likeness (QED) is 0.0261. The maximum Gasteiger partial charge on any atom is 0.306 e. The molecular weight excluding hydrogens is 1020 g/mol. The Morgan fingerprint density at radius 3 is 0.723 bits per heavy atom. The van der Waals surface area contributed by atoms with Crippen LogP contribution in [0.3, 0.4) is 0 Å². The predicted octanol–water partition coefficient (Wildman–Crippen LogP) is 23.0. The van der Waals surface area contributed by atoms with Gasteiger partial charge in [0.1, 0.15) is 13.2 Å². The maximum absolute atomic E-state index is 12.9. The lowest BCUT2D eigenvalue weighted by atomic mass is 10.0. The first-order chi connectivity index (χ1) is 41.0. The van der Waals surface area contributed by atoms with E-state index < -0.39 is 6.10 Å². The topological polar surface area (TPSA) is 78.9 Å². The molecule has 83 heavy (non-hydrogen) atoms. The number of hydrogen-bond donors (Lipinski definition) is 0. The minimum atomic E-state index is -0.844. The minimum absolute atomic E-state index is 0.129. The van der Waals surface area contributed by atoms with E-state index in [0.29, 0.717) is 19.3 Å². The lowest BCUT2D eigenvalue weighted by Crippen LogP contribution is -2.30. The molecule has 0 amide bonds.